The van der Waals surface area contributed by atoms with E-state index in [9.17, 15) is 26.4 Å². The minimum atomic E-state index is -4.23. The molecule has 8 nitrogen and oxygen atoms in total. The Labute approximate surface area is 233 Å². The molecule has 0 radical (unpaired) electrons. The maximum atomic E-state index is 13.4. The molecule has 1 atom stereocenters. The second-order valence-corrected chi connectivity index (χ2v) is 18.1. The van der Waals surface area contributed by atoms with Crippen molar-refractivity contribution in [2.45, 2.75) is 69.4 Å². The van der Waals surface area contributed by atoms with Gasteiger partial charge in [-0.2, -0.15) is 18.3 Å². The zero-order valence-corrected chi connectivity index (χ0v) is 25.0. The van der Waals surface area contributed by atoms with Crippen molar-refractivity contribution in [2.75, 3.05) is 11.4 Å². The van der Waals surface area contributed by atoms with Gasteiger partial charge in [0, 0.05) is 30.0 Å². The molecule has 1 aliphatic heterocycles. The number of hydrogen-bond donors (Lipinski definition) is 1. The first-order chi connectivity index (χ1) is 18.5. The molecule has 40 heavy (non-hydrogen) atoms. The van der Waals surface area contributed by atoms with Crippen LogP contribution in [0.1, 0.15) is 44.0 Å². The Kier molecular flexibility index (Phi) is 7.93. The van der Waals surface area contributed by atoms with Crippen molar-refractivity contribution in [1.29, 1.82) is 0 Å². The standard InChI is InChI=1S/C27H34F3N5O3SSi/c1-19-17-26(2,3)34(18-19)24-21(25(36)33-39(37,38)20-9-7-6-8-10-20)11-12-22(31-24)35-15-13-23(32-35)40(4,5)16-14-27(28,29)30/h6-13,15,19H,14,16-18H2,1-5H3,(H,33,36)/t19-/m0/s1. The highest BCUT2D eigenvalue weighted by Gasteiger charge is 2.39. The van der Waals surface area contributed by atoms with Gasteiger partial charge < -0.3 is 4.90 Å². The average Bonchev–Trinajstić information content (AvgIpc) is 3.47. The van der Waals surface area contributed by atoms with Crippen molar-refractivity contribution in [3.05, 3.63) is 60.3 Å². The van der Waals surface area contributed by atoms with Gasteiger partial charge >= 0.3 is 6.18 Å². The summed E-state index contributed by atoms with van der Waals surface area (Å²) >= 11 is 0. The molecular weight excluding hydrogens is 559 g/mol. The Morgan fingerprint density at radius 1 is 1.12 bits per heavy atom. The maximum absolute atomic E-state index is 13.4. The number of hydrogen-bond acceptors (Lipinski definition) is 6. The average molecular weight is 594 g/mol. The monoisotopic (exact) mass is 593 g/mol. The molecule has 4 rings (SSSR count). The summed E-state index contributed by atoms with van der Waals surface area (Å²) in [7, 11) is -6.60. The van der Waals surface area contributed by atoms with Crippen LogP contribution in [0.2, 0.25) is 19.1 Å². The van der Waals surface area contributed by atoms with Crippen LogP contribution in [-0.4, -0.2) is 55.4 Å². The summed E-state index contributed by atoms with van der Waals surface area (Å²) in [5, 5.41) is 5.20. The molecule has 0 saturated carbocycles. The third-order valence-electron chi connectivity index (χ3n) is 7.26. The van der Waals surface area contributed by atoms with E-state index in [0.717, 1.165) is 6.42 Å². The molecule has 0 aliphatic carbocycles. The van der Waals surface area contributed by atoms with Crippen LogP contribution in [-0.2, 0) is 10.0 Å². The number of benzene rings is 1. The van der Waals surface area contributed by atoms with E-state index in [1.54, 1.807) is 36.5 Å². The number of amides is 1. The van der Waals surface area contributed by atoms with Gasteiger partial charge in [-0.15, -0.1) is 0 Å². The SMILES string of the molecule is C[C@@H]1CN(c2nc(-n3ccc([Si](C)(C)CCC(F)(F)F)n3)ccc2C(=O)NS(=O)(=O)c2ccccc2)C(C)(C)C1. The van der Waals surface area contributed by atoms with E-state index in [0.29, 0.717) is 29.4 Å². The lowest BCUT2D eigenvalue weighted by Crippen LogP contribution is -2.43. The second-order valence-electron chi connectivity index (χ2n) is 11.7. The van der Waals surface area contributed by atoms with Crippen LogP contribution in [0.3, 0.4) is 0 Å². The first-order valence-electron chi connectivity index (χ1n) is 13.0. The number of nitrogens with zero attached hydrogens (tertiary/aromatic N) is 4. The van der Waals surface area contributed by atoms with Crippen LogP contribution in [0.5, 0.6) is 0 Å². The summed E-state index contributed by atoms with van der Waals surface area (Å²) in [4.78, 5) is 20.1. The maximum Gasteiger partial charge on any atom is 0.388 e. The van der Waals surface area contributed by atoms with Crippen molar-refractivity contribution in [3.63, 3.8) is 0 Å². The van der Waals surface area contributed by atoms with E-state index < -0.39 is 36.6 Å². The van der Waals surface area contributed by atoms with Crippen molar-refractivity contribution in [1.82, 2.24) is 19.5 Å². The minimum Gasteiger partial charge on any atom is -0.350 e. The van der Waals surface area contributed by atoms with Gasteiger partial charge in [0.15, 0.2) is 5.82 Å². The predicted octanol–water partition coefficient (Wildman–Crippen LogP) is 4.88. The highest BCUT2D eigenvalue weighted by atomic mass is 32.2. The Bertz CT molecular complexity index is 1490. The summed E-state index contributed by atoms with van der Waals surface area (Å²) in [6.45, 7) is 10.5. The molecule has 1 N–H and O–H groups in total. The number of carbonyl (C=O) groups excluding carboxylic acids is 1. The van der Waals surface area contributed by atoms with Crippen LogP contribution in [0, 0.1) is 5.92 Å². The number of carbonyl (C=O) groups is 1. The quantitative estimate of drug-likeness (QED) is 0.374. The number of halogens is 3. The van der Waals surface area contributed by atoms with Crippen LogP contribution in [0.4, 0.5) is 19.0 Å². The molecule has 1 saturated heterocycles. The van der Waals surface area contributed by atoms with E-state index in [1.165, 1.54) is 22.9 Å². The summed E-state index contributed by atoms with van der Waals surface area (Å²) in [5.74, 6) is 0.189. The van der Waals surface area contributed by atoms with Crippen LogP contribution in [0.15, 0.2) is 59.6 Å². The molecule has 1 aromatic carbocycles. The second kappa shape index (κ2) is 10.7. The van der Waals surface area contributed by atoms with Crippen molar-refractivity contribution >= 4 is 35.1 Å². The number of alkyl halides is 3. The van der Waals surface area contributed by atoms with Gasteiger partial charge in [-0.3, -0.25) is 4.79 Å². The lowest BCUT2D eigenvalue weighted by Gasteiger charge is -2.34. The van der Waals surface area contributed by atoms with Crippen molar-refractivity contribution in [3.8, 4) is 5.82 Å². The minimum absolute atomic E-state index is 0.0149. The molecule has 216 valence electrons. The predicted molar refractivity (Wildman–Crippen MR) is 150 cm³/mol. The van der Waals surface area contributed by atoms with Gasteiger partial charge in [0.2, 0.25) is 0 Å². The lowest BCUT2D eigenvalue weighted by atomic mass is 9.97. The Hall–Kier alpha value is -3.19. The number of nitrogens with one attached hydrogen (secondary N) is 1. The molecule has 1 fully saturated rings. The highest BCUT2D eigenvalue weighted by Crippen LogP contribution is 2.37. The zero-order valence-electron chi connectivity index (χ0n) is 23.2. The molecule has 2 aromatic heterocycles. The fourth-order valence-electron chi connectivity index (χ4n) is 5.14. The molecule has 3 heterocycles. The van der Waals surface area contributed by atoms with E-state index in [-0.39, 0.29) is 22.0 Å². The molecule has 1 aliphatic rings. The number of sulfonamides is 1. The number of anilines is 1. The fourth-order valence-corrected chi connectivity index (χ4v) is 8.19. The lowest BCUT2D eigenvalue weighted by molar-refractivity contribution is -0.130. The normalized spacial score (nSPS) is 17.7. The van der Waals surface area contributed by atoms with Gasteiger partial charge in [0.1, 0.15) is 13.9 Å². The first kappa shape index (κ1) is 29.8. The number of aromatic nitrogens is 3. The topological polar surface area (TPSA) is 97.2 Å². The van der Waals surface area contributed by atoms with Gasteiger partial charge in [-0.25, -0.2) is 22.8 Å². The largest absolute Gasteiger partial charge is 0.388 e. The summed E-state index contributed by atoms with van der Waals surface area (Å²) in [6.07, 6.45) is -2.60. The van der Waals surface area contributed by atoms with E-state index >= 15 is 0 Å². The van der Waals surface area contributed by atoms with Crippen molar-refractivity contribution < 1.29 is 26.4 Å². The molecule has 3 aromatic rings. The Balaban J connectivity index is 1.71. The molecule has 0 bridgehead atoms. The third-order valence-corrected chi connectivity index (χ3v) is 11.8. The summed E-state index contributed by atoms with van der Waals surface area (Å²) in [5.41, 5.74) is -0.266. The molecule has 0 unspecified atom stereocenters. The number of pyridine rings is 1. The molecule has 0 spiro atoms. The Morgan fingerprint density at radius 2 is 1.80 bits per heavy atom. The molecular formula is C27H34F3N5O3SSi. The summed E-state index contributed by atoms with van der Waals surface area (Å²) < 4.78 is 68.0. The van der Waals surface area contributed by atoms with Crippen LogP contribution in [0.25, 0.3) is 5.82 Å². The number of rotatable bonds is 8. The van der Waals surface area contributed by atoms with Crippen LogP contribution < -0.4 is 14.9 Å². The van der Waals surface area contributed by atoms with Gasteiger partial charge in [-0.1, -0.05) is 38.2 Å². The summed E-state index contributed by atoms with van der Waals surface area (Å²) in [6, 6.07) is 12.4. The highest BCUT2D eigenvalue weighted by molar-refractivity contribution is 7.90. The van der Waals surface area contributed by atoms with Gasteiger partial charge in [0.25, 0.3) is 15.9 Å². The van der Waals surface area contributed by atoms with E-state index in [4.69, 9.17) is 4.98 Å². The molecule has 13 heteroatoms. The van der Waals surface area contributed by atoms with Crippen molar-refractivity contribution in [2.24, 2.45) is 5.92 Å². The van der Waals surface area contributed by atoms with E-state index in [1.807, 2.05) is 31.8 Å². The van der Waals surface area contributed by atoms with Gasteiger partial charge in [-0.05, 0) is 62.6 Å². The zero-order chi connectivity index (χ0) is 29.5. The first-order valence-corrected chi connectivity index (χ1v) is 17.7. The smallest absolute Gasteiger partial charge is 0.350 e. The van der Waals surface area contributed by atoms with Crippen LogP contribution >= 0.6 is 0 Å². The Morgan fingerprint density at radius 3 is 2.40 bits per heavy atom. The van der Waals surface area contributed by atoms with Gasteiger partial charge in [0.05, 0.1) is 10.5 Å². The third kappa shape index (κ3) is 6.57. The fraction of sp³-hybridized carbons (Fsp3) is 0.444. The molecule has 1 amide bonds. The van der Waals surface area contributed by atoms with E-state index in [2.05, 4.69) is 16.7 Å².